The van der Waals surface area contributed by atoms with Gasteiger partial charge in [0.15, 0.2) is 23.9 Å². The number of carbonyl (C=O) groups excluding carboxylic acids is 2. The standard InChI is InChI=1S/C28H29N3O5/c1-16-6-5-7-18(10-16)31-24(33)15-35-21-9-8-17(11-22(21)34-4)25-19(14-29)27(30)36-23-13-28(2,3)12-20(32)26(23)25/h5-11,25H,12-13,15,30H2,1-4H3,(H,31,33). The van der Waals surface area contributed by atoms with Crippen LogP contribution in [-0.2, 0) is 14.3 Å². The second-order valence-corrected chi connectivity index (χ2v) is 9.82. The SMILES string of the molecule is COc1cc(C2C(C#N)=C(N)OC3=C2C(=O)CC(C)(C)C3)ccc1OCC(=O)Nc1cccc(C)c1. The number of nitriles is 1. The van der Waals surface area contributed by atoms with Crippen LogP contribution in [0.2, 0.25) is 0 Å². The van der Waals surface area contributed by atoms with Gasteiger partial charge in [-0.3, -0.25) is 9.59 Å². The molecule has 1 aliphatic heterocycles. The monoisotopic (exact) mass is 487 g/mol. The predicted molar refractivity (Wildman–Crippen MR) is 134 cm³/mol. The van der Waals surface area contributed by atoms with E-state index in [1.807, 2.05) is 39.0 Å². The number of Topliss-reactive ketones (excluding diaryl/α,β-unsaturated/α-hetero) is 1. The van der Waals surface area contributed by atoms with Crippen LogP contribution in [0.1, 0.15) is 43.7 Å². The number of nitrogens with two attached hydrogens (primary N) is 1. The summed E-state index contributed by atoms with van der Waals surface area (Å²) in [6.45, 7) is 5.71. The lowest BCUT2D eigenvalue weighted by Gasteiger charge is -2.37. The first-order valence-corrected chi connectivity index (χ1v) is 11.6. The van der Waals surface area contributed by atoms with Crippen LogP contribution in [0.3, 0.4) is 0 Å². The number of carbonyl (C=O) groups is 2. The minimum atomic E-state index is -0.671. The van der Waals surface area contributed by atoms with Crippen LogP contribution in [0, 0.1) is 23.7 Å². The first kappa shape index (κ1) is 24.9. The number of allylic oxidation sites excluding steroid dienone is 3. The van der Waals surface area contributed by atoms with Crippen LogP contribution in [0.25, 0.3) is 0 Å². The normalized spacial score (nSPS) is 18.6. The number of ether oxygens (including phenoxy) is 3. The van der Waals surface area contributed by atoms with Crippen LogP contribution in [-0.4, -0.2) is 25.4 Å². The van der Waals surface area contributed by atoms with E-state index >= 15 is 0 Å². The molecule has 0 bridgehead atoms. The summed E-state index contributed by atoms with van der Waals surface area (Å²) in [6, 6.07) is 14.7. The number of ketones is 1. The third-order valence-electron chi connectivity index (χ3n) is 6.26. The minimum Gasteiger partial charge on any atom is -0.493 e. The Kier molecular flexibility index (Phi) is 6.75. The molecule has 1 atom stereocenters. The maximum Gasteiger partial charge on any atom is 0.262 e. The molecule has 1 aliphatic carbocycles. The number of methoxy groups -OCH3 is 1. The molecule has 2 aromatic carbocycles. The molecule has 1 unspecified atom stereocenters. The summed E-state index contributed by atoms with van der Waals surface area (Å²) in [7, 11) is 1.48. The molecule has 0 spiro atoms. The quantitative estimate of drug-likeness (QED) is 0.616. The molecule has 1 amide bonds. The minimum absolute atomic E-state index is 0.00105. The van der Waals surface area contributed by atoms with Gasteiger partial charge in [-0.25, -0.2) is 0 Å². The van der Waals surface area contributed by atoms with Gasteiger partial charge in [0.1, 0.15) is 17.4 Å². The number of rotatable bonds is 6. The van der Waals surface area contributed by atoms with Gasteiger partial charge in [-0.2, -0.15) is 5.26 Å². The Morgan fingerprint density at radius 1 is 1.22 bits per heavy atom. The van der Waals surface area contributed by atoms with Crippen molar-refractivity contribution in [3.8, 4) is 17.6 Å². The second kappa shape index (κ2) is 9.78. The number of anilines is 1. The summed E-state index contributed by atoms with van der Waals surface area (Å²) >= 11 is 0. The third kappa shape index (κ3) is 5.05. The van der Waals surface area contributed by atoms with Crippen LogP contribution < -0.4 is 20.5 Å². The second-order valence-electron chi connectivity index (χ2n) is 9.82. The zero-order valence-corrected chi connectivity index (χ0v) is 20.8. The highest BCUT2D eigenvalue weighted by Gasteiger charge is 2.43. The van der Waals surface area contributed by atoms with Gasteiger partial charge in [0, 0.05) is 24.1 Å². The van der Waals surface area contributed by atoms with Crippen LogP contribution in [0.15, 0.2) is 65.3 Å². The maximum absolute atomic E-state index is 13.2. The molecule has 36 heavy (non-hydrogen) atoms. The van der Waals surface area contributed by atoms with E-state index in [4.69, 9.17) is 19.9 Å². The van der Waals surface area contributed by atoms with Gasteiger partial charge in [0.25, 0.3) is 5.91 Å². The van der Waals surface area contributed by atoms with Crippen molar-refractivity contribution in [1.82, 2.24) is 0 Å². The average molecular weight is 488 g/mol. The van der Waals surface area contributed by atoms with E-state index in [-0.39, 0.29) is 35.2 Å². The van der Waals surface area contributed by atoms with Gasteiger partial charge in [0.2, 0.25) is 5.88 Å². The van der Waals surface area contributed by atoms with E-state index in [0.29, 0.717) is 46.9 Å². The lowest BCUT2D eigenvalue weighted by Crippen LogP contribution is -2.33. The van der Waals surface area contributed by atoms with Crippen molar-refractivity contribution >= 4 is 17.4 Å². The van der Waals surface area contributed by atoms with E-state index in [1.54, 1.807) is 24.3 Å². The average Bonchev–Trinajstić information content (AvgIpc) is 2.81. The molecule has 186 valence electrons. The largest absolute Gasteiger partial charge is 0.493 e. The van der Waals surface area contributed by atoms with Gasteiger partial charge in [-0.05, 0) is 47.7 Å². The van der Waals surface area contributed by atoms with E-state index in [2.05, 4.69) is 11.4 Å². The summed E-state index contributed by atoms with van der Waals surface area (Å²) < 4.78 is 17.0. The van der Waals surface area contributed by atoms with Crippen LogP contribution in [0.5, 0.6) is 11.5 Å². The Morgan fingerprint density at radius 3 is 2.69 bits per heavy atom. The highest BCUT2D eigenvalue weighted by molar-refractivity contribution is 6.00. The molecule has 0 saturated carbocycles. The third-order valence-corrected chi connectivity index (χ3v) is 6.26. The lowest BCUT2D eigenvalue weighted by atomic mass is 9.70. The Balaban J connectivity index is 1.59. The highest BCUT2D eigenvalue weighted by atomic mass is 16.5. The number of hydrogen-bond donors (Lipinski definition) is 2. The van der Waals surface area contributed by atoms with Gasteiger partial charge in [-0.1, -0.05) is 32.0 Å². The molecule has 1 heterocycles. The molecular formula is C28H29N3O5. The zero-order valence-electron chi connectivity index (χ0n) is 20.8. The molecule has 0 radical (unpaired) electrons. The first-order valence-electron chi connectivity index (χ1n) is 11.6. The number of nitrogens with one attached hydrogen (secondary N) is 1. The fourth-order valence-electron chi connectivity index (χ4n) is 4.66. The summed E-state index contributed by atoms with van der Waals surface area (Å²) in [5.41, 5.74) is 8.82. The summed E-state index contributed by atoms with van der Waals surface area (Å²) in [5, 5.41) is 12.6. The van der Waals surface area contributed by atoms with Crippen molar-refractivity contribution in [3.05, 3.63) is 76.4 Å². The van der Waals surface area contributed by atoms with Crippen molar-refractivity contribution in [2.45, 2.75) is 39.5 Å². The smallest absolute Gasteiger partial charge is 0.262 e. The van der Waals surface area contributed by atoms with Crippen molar-refractivity contribution in [1.29, 1.82) is 5.26 Å². The molecule has 3 N–H and O–H groups in total. The number of hydrogen-bond acceptors (Lipinski definition) is 7. The molecule has 8 heteroatoms. The fraction of sp³-hybridized carbons (Fsp3) is 0.321. The molecule has 4 rings (SSSR count). The van der Waals surface area contributed by atoms with Crippen molar-refractivity contribution in [3.63, 3.8) is 0 Å². The topological polar surface area (TPSA) is 124 Å². The molecule has 2 aliphatic rings. The van der Waals surface area contributed by atoms with Crippen molar-refractivity contribution in [2.75, 3.05) is 19.0 Å². The zero-order chi connectivity index (χ0) is 26.0. The van der Waals surface area contributed by atoms with E-state index < -0.39 is 5.92 Å². The Morgan fingerprint density at radius 2 is 2.00 bits per heavy atom. The van der Waals surface area contributed by atoms with Crippen molar-refractivity contribution < 1.29 is 23.8 Å². The lowest BCUT2D eigenvalue weighted by molar-refractivity contribution is -0.119. The first-order chi connectivity index (χ1) is 17.1. The molecule has 8 nitrogen and oxygen atoms in total. The number of benzene rings is 2. The van der Waals surface area contributed by atoms with Gasteiger partial charge < -0.3 is 25.3 Å². The Hall–Kier alpha value is -4.25. The summed E-state index contributed by atoms with van der Waals surface area (Å²) in [6.07, 6.45) is 0.886. The molecular weight excluding hydrogens is 458 g/mol. The molecule has 0 saturated heterocycles. The fourth-order valence-corrected chi connectivity index (χ4v) is 4.66. The van der Waals surface area contributed by atoms with Crippen LogP contribution in [0.4, 0.5) is 5.69 Å². The number of aryl methyl sites for hydroxylation is 1. The van der Waals surface area contributed by atoms with E-state index in [0.717, 1.165) is 5.56 Å². The maximum atomic E-state index is 13.2. The molecule has 0 aromatic heterocycles. The molecule has 0 fully saturated rings. The van der Waals surface area contributed by atoms with Crippen LogP contribution >= 0.6 is 0 Å². The Bertz CT molecular complexity index is 1330. The summed E-state index contributed by atoms with van der Waals surface area (Å²) in [4.78, 5) is 25.5. The van der Waals surface area contributed by atoms with Crippen molar-refractivity contribution in [2.24, 2.45) is 11.1 Å². The van der Waals surface area contributed by atoms with E-state index in [9.17, 15) is 14.9 Å². The van der Waals surface area contributed by atoms with E-state index in [1.165, 1.54) is 7.11 Å². The number of nitrogens with zero attached hydrogens (tertiary/aromatic N) is 1. The predicted octanol–water partition coefficient (Wildman–Crippen LogP) is 4.47. The highest BCUT2D eigenvalue weighted by Crippen LogP contribution is 2.48. The van der Waals surface area contributed by atoms with Gasteiger partial charge in [-0.15, -0.1) is 0 Å². The number of amides is 1. The van der Waals surface area contributed by atoms with Gasteiger partial charge in [0.05, 0.1) is 13.0 Å². The van der Waals surface area contributed by atoms with Gasteiger partial charge >= 0.3 is 0 Å². The Labute approximate surface area is 210 Å². The molecule has 2 aromatic rings. The summed E-state index contributed by atoms with van der Waals surface area (Å²) in [5.74, 6) is 0.165.